The number of hydrogen-bond donors (Lipinski definition) is 2. The second kappa shape index (κ2) is 9.36. The summed E-state index contributed by atoms with van der Waals surface area (Å²) in [7, 11) is 1.29. The van der Waals surface area contributed by atoms with E-state index in [1.165, 1.54) is 13.3 Å². The van der Waals surface area contributed by atoms with Crippen molar-refractivity contribution in [1.82, 2.24) is 9.97 Å². The van der Waals surface area contributed by atoms with Crippen LogP contribution in [-0.4, -0.2) is 34.9 Å². The molecule has 160 valence electrons. The van der Waals surface area contributed by atoms with Crippen molar-refractivity contribution in [3.8, 4) is 0 Å². The molecule has 0 aliphatic heterocycles. The predicted octanol–water partition coefficient (Wildman–Crippen LogP) is 3.84. The summed E-state index contributed by atoms with van der Waals surface area (Å²) in [5.41, 5.74) is 1.08. The van der Waals surface area contributed by atoms with Crippen molar-refractivity contribution in [2.24, 2.45) is 0 Å². The first-order valence-electron chi connectivity index (χ1n) is 9.62. The van der Waals surface area contributed by atoms with Crippen LogP contribution < -0.4 is 10.6 Å². The van der Waals surface area contributed by atoms with E-state index in [9.17, 15) is 14.4 Å². The highest BCUT2D eigenvalue weighted by Crippen LogP contribution is 2.26. The normalized spacial score (nSPS) is 10.7. The van der Waals surface area contributed by atoms with Gasteiger partial charge in [-0.15, -0.1) is 11.3 Å². The molecule has 8 nitrogen and oxygen atoms in total. The minimum absolute atomic E-state index is 0.0256. The van der Waals surface area contributed by atoms with Crippen LogP contribution in [0, 0.1) is 0 Å². The lowest BCUT2D eigenvalue weighted by Gasteiger charge is -2.16. The van der Waals surface area contributed by atoms with Gasteiger partial charge < -0.3 is 15.4 Å². The molecule has 0 spiro atoms. The van der Waals surface area contributed by atoms with Crippen LogP contribution in [0.2, 0.25) is 0 Å². The highest BCUT2D eigenvalue weighted by atomic mass is 32.1. The minimum atomic E-state index is -1.32. The van der Waals surface area contributed by atoms with E-state index in [-0.39, 0.29) is 5.82 Å². The Morgan fingerprint density at radius 3 is 2.00 bits per heavy atom. The average Bonchev–Trinajstić information content (AvgIpc) is 3.23. The molecular formula is C23H18N4O4S. The van der Waals surface area contributed by atoms with Crippen LogP contribution in [-0.2, 0) is 14.3 Å². The van der Waals surface area contributed by atoms with Crippen LogP contribution in [0.4, 0.5) is 11.4 Å². The fourth-order valence-electron chi connectivity index (χ4n) is 3.01. The van der Waals surface area contributed by atoms with Crippen LogP contribution in [0.3, 0.4) is 0 Å². The van der Waals surface area contributed by atoms with E-state index in [2.05, 4.69) is 20.6 Å². The van der Waals surface area contributed by atoms with Crippen molar-refractivity contribution >= 4 is 50.7 Å². The maximum Gasteiger partial charge on any atom is 0.348 e. The topological polar surface area (TPSA) is 110 Å². The van der Waals surface area contributed by atoms with Crippen LogP contribution >= 0.6 is 11.3 Å². The summed E-state index contributed by atoms with van der Waals surface area (Å²) < 4.78 is 4.75. The molecule has 0 radical (unpaired) electrons. The molecule has 2 N–H and O–H groups in total. The summed E-state index contributed by atoms with van der Waals surface area (Å²) in [4.78, 5) is 47.6. The van der Waals surface area contributed by atoms with Gasteiger partial charge in [-0.25, -0.2) is 14.8 Å². The minimum Gasteiger partial charge on any atom is -0.465 e. The molecule has 2 aromatic carbocycles. The summed E-state index contributed by atoms with van der Waals surface area (Å²) >= 11 is 1.10. The number of carbonyl (C=O) groups excluding carboxylic acids is 3. The first-order chi connectivity index (χ1) is 15.5. The van der Waals surface area contributed by atoms with Gasteiger partial charge >= 0.3 is 5.97 Å². The first-order valence-corrected chi connectivity index (χ1v) is 10.4. The maximum absolute atomic E-state index is 13.1. The Hall–Kier alpha value is -4.11. The Bertz CT molecular complexity index is 1220. The largest absolute Gasteiger partial charge is 0.465 e. The molecule has 0 atom stereocenters. The number of carbonyl (C=O) groups is 3. The molecule has 9 heteroatoms. The number of benzene rings is 2. The molecule has 2 amide bonds. The van der Waals surface area contributed by atoms with E-state index in [1.54, 1.807) is 54.6 Å². The second-order valence-electron chi connectivity index (χ2n) is 6.73. The van der Waals surface area contributed by atoms with Gasteiger partial charge in [0.25, 0.3) is 0 Å². The zero-order chi connectivity index (χ0) is 22.5. The lowest BCUT2D eigenvalue weighted by molar-refractivity contribution is -0.126. The van der Waals surface area contributed by atoms with Crippen molar-refractivity contribution < 1.29 is 19.1 Å². The van der Waals surface area contributed by atoms with E-state index < -0.39 is 23.7 Å². The molecular weight excluding hydrogens is 428 g/mol. The number of rotatable bonds is 6. The third kappa shape index (κ3) is 4.62. The third-order valence-corrected chi connectivity index (χ3v) is 5.57. The van der Waals surface area contributed by atoms with E-state index in [1.807, 2.05) is 12.1 Å². The average molecular weight is 446 g/mol. The fraction of sp³-hybridized carbons (Fsp3) is 0.0870. The van der Waals surface area contributed by atoms with Crippen molar-refractivity contribution in [3.63, 3.8) is 0 Å². The van der Waals surface area contributed by atoms with E-state index in [0.717, 1.165) is 11.3 Å². The molecule has 0 bridgehead atoms. The van der Waals surface area contributed by atoms with Gasteiger partial charge in [0.2, 0.25) is 11.8 Å². The molecule has 0 unspecified atom stereocenters. The second-order valence-corrected chi connectivity index (χ2v) is 7.77. The van der Waals surface area contributed by atoms with E-state index in [0.29, 0.717) is 26.5 Å². The molecule has 2 aromatic heterocycles. The number of esters is 1. The Kier molecular flexibility index (Phi) is 6.18. The lowest BCUT2D eigenvalue weighted by atomic mass is 10.1. The standard InChI is InChI=1S/C23H18N4O4S/c1-31-23(30)17-12-14-13-24-19(27-22(14)32-17)18(20(28)25-15-8-4-2-5-9-15)21(29)26-16-10-6-3-7-11-16/h2-13,18H,1H3,(H,25,28)(H,26,29). The number of ether oxygens (including phenoxy) is 1. The fourth-order valence-corrected chi connectivity index (χ4v) is 3.94. The quantitative estimate of drug-likeness (QED) is 0.344. The maximum atomic E-state index is 13.1. The van der Waals surface area contributed by atoms with Crippen molar-refractivity contribution in [2.75, 3.05) is 17.7 Å². The summed E-state index contributed by atoms with van der Waals surface area (Å²) in [6.45, 7) is 0. The molecule has 0 fully saturated rings. The number of thiophene rings is 1. The van der Waals surface area contributed by atoms with E-state index in [4.69, 9.17) is 4.74 Å². The number of hydrogen-bond acceptors (Lipinski definition) is 7. The molecule has 0 saturated carbocycles. The zero-order valence-corrected chi connectivity index (χ0v) is 17.8. The number of aromatic nitrogens is 2. The molecule has 32 heavy (non-hydrogen) atoms. The van der Waals surface area contributed by atoms with Crippen LogP contribution in [0.15, 0.2) is 72.9 Å². The Labute approximate surface area is 187 Å². The van der Waals surface area contributed by atoms with Crippen LogP contribution in [0.25, 0.3) is 10.2 Å². The van der Waals surface area contributed by atoms with Crippen LogP contribution in [0.1, 0.15) is 21.4 Å². The smallest absolute Gasteiger partial charge is 0.348 e. The van der Waals surface area contributed by atoms with Crippen molar-refractivity contribution in [2.45, 2.75) is 5.92 Å². The SMILES string of the molecule is COC(=O)c1cc2cnc(C(C(=O)Nc3ccccc3)C(=O)Nc3ccccc3)nc2s1. The number of amides is 2. The third-order valence-electron chi connectivity index (χ3n) is 4.54. The van der Waals surface area contributed by atoms with Crippen molar-refractivity contribution in [1.29, 1.82) is 0 Å². The lowest BCUT2D eigenvalue weighted by Crippen LogP contribution is -2.33. The Balaban J connectivity index is 1.69. The Morgan fingerprint density at radius 2 is 1.47 bits per heavy atom. The highest BCUT2D eigenvalue weighted by Gasteiger charge is 2.32. The summed E-state index contributed by atoms with van der Waals surface area (Å²) in [6, 6.07) is 19.2. The number of nitrogens with zero attached hydrogens (tertiary/aromatic N) is 2. The molecule has 0 saturated heterocycles. The Morgan fingerprint density at radius 1 is 0.906 bits per heavy atom. The number of fused-ring (bicyclic) bond motifs is 1. The van der Waals surface area contributed by atoms with Gasteiger partial charge in [0, 0.05) is 23.0 Å². The van der Waals surface area contributed by atoms with Crippen molar-refractivity contribution in [3.05, 3.63) is 83.6 Å². The van der Waals surface area contributed by atoms with Gasteiger partial charge in [0.1, 0.15) is 9.71 Å². The van der Waals surface area contributed by atoms with Gasteiger partial charge in [-0.3, -0.25) is 9.59 Å². The number of anilines is 2. The number of para-hydroxylation sites is 2. The summed E-state index contributed by atoms with van der Waals surface area (Å²) in [5, 5.41) is 6.09. The molecule has 0 aliphatic carbocycles. The van der Waals surface area contributed by atoms with Gasteiger partial charge in [-0.2, -0.15) is 0 Å². The molecule has 4 aromatic rings. The summed E-state index contributed by atoms with van der Waals surface area (Å²) in [6.07, 6.45) is 1.49. The van der Waals surface area contributed by atoms with Gasteiger partial charge in [0.05, 0.1) is 7.11 Å². The molecule has 2 heterocycles. The highest BCUT2D eigenvalue weighted by molar-refractivity contribution is 7.20. The predicted molar refractivity (Wildman–Crippen MR) is 122 cm³/mol. The molecule has 0 aliphatic rings. The monoisotopic (exact) mass is 446 g/mol. The first kappa shape index (κ1) is 21.1. The zero-order valence-electron chi connectivity index (χ0n) is 16.9. The molecule has 4 rings (SSSR count). The number of methoxy groups -OCH3 is 1. The summed E-state index contributed by atoms with van der Waals surface area (Å²) in [5.74, 6) is -2.93. The van der Waals surface area contributed by atoms with Gasteiger partial charge in [-0.1, -0.05) is 36.4 Å². The van der Waals surface area contributed by atoms with E-state index >= 15 is 0 Å². The number of nitrogens with one attached hydrogen (secondary N) is 2. The van der Waals surface area contributed by atoms with Gasteiger partial charge in [0.15, 0.2) is 11.7 Å². The van der Waals surface area contributed by atoms with Crippen LogP contribution in [0.5, 0.6) is 0 Å². The van der Waals surface area contributed by atoms with Gasteiger partial charge in [-0.05, 0) is 30.3 Å².